The Bertz CT molecular complexity index is 691. The van der Waals surface area contributed by atoms with E-state index < -0.39 is 0 Å². The highest BCUT2D eigenvalue weighted by atomic mass is 79.9. The second kappa shape index (κ2) is 6.22. The molecule has 0 aliphatic carbocycles. The molecule has 2 rings (SSSR count). The van der Waals surface area contributed by atoms with E-state index in [4.69, 9.17) is 4.74 Å². The molecule has 2 aromatic rings. The number of benzene rings is 1. The SMILES string of the molecule is COc1cc(C=C(C#N)c2ccccn2)c(Br)cc1O. The predicted molar refractivity (Wildman–Crippen MR) is 80.1 cm³/mol. The van der Waals surface area contributed by atoms with Gasteiger partial charge in [0.25, 0.3) is 0 Å². The van der Waals surface area contributed by atoms with Crippen LogP contribution in [0.15, 0.2) is 41.0 Å². The number of hydrogen-bond acceptors (Lipinski definition) is 4. The Morgan fingerprint density at radius 1 is 1.45 bits per heavy atom. The van der Waals surface area contributed by atoms with Crippen molar-refractivity contribution in [2.45, 2.75) is 0 Å². The molecule has 0 unspecified atom stereocenters. The Kier molecular flexibility index (Phi) is 4.38. The molecule has 1 aromatic carbocycles. The zero-order valence-electron chi connectivity index (χ0n) is 10.7. The summed E-state index contributed by atoms with van der Waals surface area (Å²) in [5, 5.41) is 18.9. The van der Waals surface area contributed by atoms with E-state index in [1.54, 1.807) is 30.5 Å². The van der Waals surface area contributed by atoms with Crippen LogP contribution in [0, 0.1) is 11.3 Å². The maximum atomic E-state index is 9.67. The van der Waals surface area contributed by atoms with Gasteiger partial charge in [-0.2, -0.15) is 5.26 Å². The molecule has 1 aromatic heterocycles. The van der Waals surface area contributed by atoms with E-state index in [0.717, 1.165) is 5.56 Å². The van der Waals surface area contributed by atoms with Crippen LogP contribution in [-0.2, 0) is 0 Å². The molecular formula is C15H11BrN2O2. The number of aromatic nitrogens is 1. The second-order valence-electron chi connectivity index (χ2n) is 3.93. The molecule has 0 atom stereocenters. The van der Waals surface area contributed by atoms with Crippen molar-refractivity contribution in [3.63, 3.8) is 0 Å². The lowest BCUT2D eigenvalue weighted by Crippen LogP contribution is -1.89. The van der Waals surface area contributed by atoms with E-state index in [9.17, 15) is 10.4 Å². The standard InChI is InChI=1S/C15H11BrN2O2/c1-20-15-7-10(12(16)8-14(15)19)6-11(9-17)13-4-2-3-5-18-13/h2-8,19H,1H3. The van der Waals surface area contributed by atoms with Crippen molar-refractivity contribution in [1.29, 1.82) is 5.26 Å². The zero-order chi connectivity index (χ0) is 14.5. The number of rotatable bonds is 3. The van der Waals surface area contributed by atoms with Crippen LogP contribution in [0.25, 0.3) is 11.6 Å². The maximum absolute atomic E-state index is 9.67. The highest BCUT2D eigenvalue weighted by molar-refractivity contribution is 9.10. The van der Waals surface area contributed by atoms with Gasteiger partial charge in [-0.1, -0.05) is 22.0 Å². The second-order valence-corrected chi connectivity index (χ2v) is 4.78. The third-order valence-electron chi connectivity index (χ3n) is 2.66. The molecule has 0 radical (unpaired) electrons. The molecule has 0 fully saturated rings. The molecule has 0 spiro atoms. The van der Waals surface area contributed by atoms with Crippen molar-refractivity contribution in [1.82, 2.24) is 4.98 Å². The number of methoxy groups -OCH3 is 1. The first kappa shape index (κ1) is 14.1. The van der Waals surface area contributed by atoms with E-state index in [1.807, 2.05) is 6.07 Å². The lowest BCUT2D eigenvalue weighted by molar-refractivity contribution is 0.373. The lowest BCUT2D eigenvalue weighted by Gasteiger charge is -2.07. The Labute approximate surface area is 125 Å². The van der Waals surface area contributed by atoms with Crippen LogP contribution in [0.4, 0.5) is 0 Å². The van der Waals surface area contributed by atoms with Crippen LogP contribution in [-0.4, -0.2) is 17.2 Å². The van der Waals surface area contributed by atoms with Gasteiger partial charge in [-0.3, -0.25) is 4.98 Å². The quantitative estimate of drug-likeness (QED) is 0.873. The average Bonchev–Trinajstić information content (AvgIpc) is 2.47. The van der Waals surface area contributed by atoms with Crippen LogP contribution in [0.3, 0.4) is 0 Å². The molecule has 20 heavy (non-hydrogen) atoms. The van der Waals surface area contributed by atoms with Gasteiger partial charge in [-0.25, -0.2) is 0 Å². The minimum Gasteiger partial charge on any atom is -0.504 e. The molecule has 0 saturated carbocycles. The molecule has 100 valence electrons. The summed E-state index contributed by atoms with van der Waals surface area (Å²) in [6.45, 7) is 0. The third kappa shape index (κ3) is 2.98. The van der Waals surface area contributed by atoms with Crippen LogP contribution < -0.4 is 4.74 Å². The third-order valence-corrected chi connectivity index (χ3v) is 3.35. The van der Waals surface area contributed by atoms with Gasteiger partial charge in [-0.15, -0.1) is 0 Å². The molecule has 0 aliphatic rings. The van der Waals surface area contributed by atoms with Crippen molar-refractivity contribution < 1.29 is 9.84 Å². The molecule has 0 bridgehead atoms. The van der Waals surface area contributed by atoms with Gasteiger partial charge in [0, 0.05) is 10.7 Å². The number of hydrogen-bond donors (Lipinski definition) is 1. The minimum absolute atomic E-state index is 0.0351. The molecule has 0 amide bonds. The summed E-state index contributed by atoms with van der Waals surface area (Å²) >= 11 is 3.35. The molecule has 4 nitrogen and oxygen atoms in total. The minimum atomic E-state index is 0.0351. The topological polar surface area (TPSA) is 66.1 Å². The fourth-order valence-electron chi connectivity index (χ4n) is 1.67. The Morgan fingerprint density at radius 3 is 2.85 bits per heavy atom. The first-order chi connectivity index (χ1) is 9.65. The summed E-state index contributed by atoms with van der Waals surface area (Å²) in [5.41, 5.74) is 1.75. The maximum Gasteiger partial charge on any atom is 0.161 e. The highest BCUT2D eigenvalue weighted by Crippen LogP contribution is 2.34. The van der Waals surface area contributed by atoms with E-state index >= 15 is 0 Å². The van der Waals surface area contributed by atoms with E-state index in [1.165, 1.54) is 13.2 Å². The van der Waals surface area contributed by atoms with Crippen LogP contribution in [0.2, 0.25) is 0 Å². The highest BCUT2D eigenvalue weighted by Gasteiger charge is 2.09. The monoisotopic (exact) mass is 330 g/mol. The number of phenols is 1. The number of halogens is 1. The van der Waals surface area contributed by atoms with Gasteiger partial charge in [0.15, 0.2) is 11.5 Å². The number of allylic oxidation sites excluding steroid dienone is 1. The van der Waals surface area contributed by atoms with Gasteiger partial charge in [0.2, 0.25) is 0 Å². The number of aromatic hydroxyl groups is 1. The average molecular weight is 331 g/mol. The zero-order valence-corrected chi connectivity index (χ0v) is 12.3. The number of nitrogens with zero attached hydrogens (tertiary/aromatic N) is 2. The Balaban J connectivity index is 2.51. The molecule has 1 heterocycles. The van der Waals surface area contributed by atoms with Gasteiger partial charge >= 0.3 is 0 Å². The summed E-state index contributed by atoms with van der Waals surface area (Å²) in [7, 11) is 1.47. The molecule has 0 saturated heterocycles. The van der Waals surface area contributed by atoms with E-state index in [2.05, 4.69) is 27.0 Å². The van der Waals surface area contributed by atoms with Crippen LogP contribution in [0.1, 0.15) is 11.3 Å². The normalized spacial score (nSPS) is 10.9. The van der Waals surface area contributed by atoms with Crippen molar-refractivity contribution >= 4 is 27.6 Å². The van der Waals surface area contributed by atoms with Crippen molar-refractivity contribution in [2.24, 2.45) is 0 Å². The Morgan fingerprint density at radius 2 is 2.25 bits per heavy atom. The van der Waals surface area contributed by atoms with E-state index in [-0.39, 0.29) is 5.75 Å². The van der Waals surface area contributed by atoms with Crippen molar-refractivity contribution in [3.8, 4) is 17.6 Å². The number of nitriles is 1. The van der Waals surface area contributed by atoms with Crippen molar-refractivity contribution in [2.75, 3.05) is 7.11 Å². The van der Waals surface area contributed by atoms with Gasteiger partial charge < -0.3 is 9.84 Å². The number of phenolic OH excluding ortho intramolecular Hbond substituents is 1. The lowest BCUT2D eigenvalue weighted by atomic mass is 10.1. The van der Waals surface area contributed by atoms with E-state index in [0.29, 0.717) is 21.5 Å². The first-order valence-electron chi connectivity index (χ1n) is 5.75. The van der Waals surface area contributed by atoms with Gasteiger partial charge in [0.05, 0.1) is 18.4 Å². The first-order valence-corrected chi connectivity index (χ1v) is 6.54. The van der Waals surface area contributed by atoms with Gasteiger partial charge in [0.1, 0.15) is 6.07 Å². The van der Waals surface area contributed by atoms with Crippen LogP contribution in [0.5, 0.6) is 11.5 Å². The van der Waals surface area contributed by atoms with Crippen molar-refractivity contribution in [3.05, 3.63) is 52.3 Å². The van der Waals surface area contributed by atoms with Gasteiger partial charge in [-0.05, 0) is 35.9 Å². The molecular weight excluding hydrogens is 320 g/mol. The summed E-state index contributed by atoms with van der Waals surface area (Å²) in [6.07, 6.45) is 3.32. The number of pyridine rings is 1. The predicted octanol–water partition coefficient (Wildman–Crippen LogP) is 3.62. The number of ether oxygens (including phenoxy) is 1. The smallest absolute Gasteiger partial charge is 0.161 e. The fraction of sp³-hybridized carbons (Fsp3) is 0.0667. The largest absolute Gasteiger partial charge is 0.504 e. The molecule has 0 aliphatic heterocycles. The molecule has 5 heteroatoms. The Hall–Kier alpha value is -2.32. The summed E-state index contributed by atoms with van der Waals surface area (Å²) in [5.74, 6) is 0.380. The summed E-state index contributed by atoms with van der Waals surface area (Å²) in [4.78, 5) is 4.15. The summed E-state index contributed by atoms with van der Waals surface area (Å²) < 4.78 is 5.73. The summed E-state index contributed by atoms with van der Waals surface area (Å²) in [6, 6.07) is 10.7. The fourth-order valence-corrected chi connectivity index (χ4v) is 2.12. The molecule has 1 N–H and O–H groups in total. The van der Waals surface area contributed by atoms with Crippen LogP contribution >= 0.6 is 15.9 Å².